The molecule has 0 aliphatic heterocycles. The second-order valence-electron chi connectivity index (χ2n) is 6.51. The summed E-state index contributed by atoms with van der Waals surface area (Å²) in [4.78, 5) is 0. The number of hydrogen-bond acceptors (Lipinski definition) is 2. The van der Waals surface area contributed by atoms with E-state index in [0.29, 0.717) is 12.1 Å². The molecule has 0 atom stereocenters. The number of benzene rings is 3. The molecule has 0 saturated carbocycles. The zero-order valence-corrected chi connectivity index (χ0v) is 15.0. The van der Waals surface area contributed by atoms with Crippen LogP contribution in [0, 0.1) is 35.4 Å². The van der Waals surface area contributed by atoms with E-state index >= 15 is 0 Å². The predicted molar refractivity (Wildman–Crippen MR) is 93.5 cm³/mol. The van der Waals surface area contributed by atoms with E-state index < -0.39 is 40.4 Å². The zero-order valence-electron chi connectivity index (χ0n) is 15.0. The minimum absolute atomic E-state index is 0.0310. The molecule has 0 radical (unpaired) electrons. The Bertz CT molecular complexity index is 1220. The van der Waals surface area contributed by atoms with Crippen LogP contribution < -0.4 is 0 Å². The summed E-state index contributed by atoms with van der Waals surface area (Å²) in [6, 6.07) is 7.67. The highest BCUT2D eigenvalue weighted by molar-refractivity contribution is 6.01. The first-order valence-corrected chi connectivity index (χ1v) is 8.23. The summed E-state index contributed by atoms with van der Waals surface area (Å²) in [5, 5.41) is 18.9. The van der Waals surface area contributed by atoms with Gasteiger partial charge >= 0.3 is 12.4 Å². The molecule has 0 saturated heterocycles. The Kier molecular flexibility index (Phi) is 4.95. The first kappa shape index (κ1) is 21.1. The second-order valence-corrected chi connectivity index (χ2v) is 6.51. The minimum atomic E-state index is -5.09. The van der Waals surface area contributed by atoms with Crippen molar-refractivity contribution >= 4 is 10.8 Å². The van der Waals surface area contributed by atoms with E-state index in [4.69, 9.17) is 0 Å². The lowest BCUT2D eigenvalue weighted by atomic mass is 9.88. The van der Waals surface area contributed by atoms with Gasteiger partial charge in [0.05, 0.1) is 22.3 Å². The van der Waals surface area contributed by atoms with Crippen molar-refractivity contribution in [2.45, 2.75) is 19.3 Å². The fraction of sp³-hybridized carbons (Fsp3) is 0.143. The maximum atomic E-state index is 14.0. The van der Waals surface area contributed by atoms with Crippen molar-refractivity contribution < 1.29 is 30.7 Å². The molecule has 0 spiro atoms. The van der Waals surface area contributed by atoms with Crippen LogP contribution in [0.2, 0.25) is 0 Å². The maximum Gasteiger partial charge on any atom is 0.416 e. The van der Waals surface area contributed by atoms with Crippen LogP contribution in [0.4, 0.5) is 30.7 Å². The molecule has 0 bridgehead atoms. The second kappa shape index (κ2) is 7.03. The van der Waals surface area contributed by atoms with Gasteiger partial charge < -0.3 is 0 Å². The third-order valence-corrected chi connectivity index (χ3v) is 4.53. The predicted octanol–water partition coefficient (Wildman–Crippen LogP) is 6.74. The summed E-state index contributed by atoms with van der Waals surface area (Å²) in [7, 11) is 0. The van der Waals surface area contributed by atoms with Gasteiger partial charge in [0.2, 0.25) is 0 Å². The molecule has 0 N–H and O–H groups in total. The van der Waals surface area contributed by atoms with Gasteiger partial charge in [0.15, 0.2) is 0 Å². The Hall–Kier alpha value is -3.59. The Morgan fingerprint density at radius 2 is 1.33 bits per heavy atom. The lowest BCUT2D eigenvalue weighted by molar-refractivity contribution is -0.143. The van der Waals surface area contributed by atoms with Gasteiger partial charge in [-0.15, -0.1) is 0 Å². The number of alkyl halides is 6. The monoisotopic (exact) mass is 422 g/mol. The number of aryl methyl sites for hydroxylation is 1. The topological polar surface area (TPSA) is 47.6 Å². The van der Waals surface area contributed by atoms with E-state index in [1.165, 1.54) is 13.0 Å². The summed E-state index contributed by atoms with van der Waals surface area (Å²) in [5.74, 6) is -0.679. The highest BCUT2D eigenvalue weighted by Gasteiger charge is 2.37. The molecule has 0 aromatic heterocycles. The summed E-state index contributed by atoms with van der Waals surface area (Å²) < 4.78 is 93.7. The highest BCUT2D eigenvalue weighted by Crippen LogP contribution is 2.42. The summed E-state index contributed by atoms with van der Waals surface area (Å²) >= 11 is 0. The molecular formula is C21H9F7N2. The van der Waals surface area contributed by atoms with E-state index in [0.717, 1.165) is 12.1 Å². The van der Waals surface area contributed by atoms with Crippen LogP contribution in [0.3, 0.4) is 0 Å². The van der Waals surface area contributed by atoms with E-state index in [9.17, 15) is 41.3 Å². The van der Waals surface area contributed by atoms with Gasteiger partial charge in [-0.05, 0) is 65.2 Å². The molecular weight excluding hydrogens is 413 g/mol. The van der Waals surface area contributed by atoms with Gasteiger partial charge in [-0.1, -0.05) is 0 Å². The smallest absolute Gasteiger partial charge is 0.207 e. The normalized spacial score (nSPS) is 11.9. The quantitative estimate of drug-likeness (QED) is 0.408. The van der Waals surface area contributed by atoms with E-state index in [2.05, 4.69) is 0 Å². The Morgan fingerprint density at radius 1 is 0.767 bits per heavy atom. The molecule has 152 valence electrons. The van der Waals surface area contributed by atoms with E-state index in [1.807, 2.05) is 0 Å². The van der Waals surface area contributed by atoms with Crippen molar-refractivity contribution in [1.29, 1.82) is 10.5 Å². The van der Waals surface area contributed by atoms with Crippen LogP contribution in [-0.4, -0.2) is 0 Å². The highest BCUT2D eigenvalue weighted by atomic mass is 19.4. The fourth-order valence-electron chi connectivity index (χ4n) is 3.13. The van der Waals surface area contributed by atoms with Gasteiger partial charge in [-0.25, -0.2) is 4.39 Å². The lowest BCUT2D eigenvalue weighted by Gasteiger charge is -2.17. The Balaban J connectivity index is 2.54. The molecule has 3 aromatic rings. The lowest BCUT2D eigenvalue weighted by Crippen LogP contribution is -2.11. The van der Waals surface area contributed by atoms with Gasteiger partial charge in [0.1, 0.15) is 18.0 Å². The average Bonchev–Trinajstić information content (AvgIpc) is 2.65. The van der Waals surface area contributed by atoms with Gasteiger partial charge in [0, 0.05) is 5.56 Å². The van der Waals surface area contributed by atoms with Crippen LogP contribution in [0.15, 0.2) is 36.4 Å². The molecule has 0 aliphatic rings. The van der Waals surface area contributed by atoms with Crippen LogP contribution in [0.25, 0.3) is 21.9 Å². The molecule has 0 fully saturated rings. The van der Waals surface area contributed by atoms with Crippen LogP contribution in [0.1, 0.15) is 27.8 Å². The molecule has 0 heterocycles. The summed E-state index contributed by atoms with van der Waals surface area (Å²) in [5.41, 5.74) is -4.61. The fourth-order valence-corrected chi connectivity index (χ4v) is 3.13. The van der Waals surface area contributed by atoms with Crippen molar-refractivity contribution in [2.75, 3.05) is 0 Å². The van der Waals surface area contributed by atoms with Crippen molar-refractivity contribution in [3.05, 3.63) is 70.0 Å². The number of nitriles is 2. The number of halogens is 7. The molecule has 9 heteroatoms. The van der Waals surface area contributed by atoms with Crippen LogP contribution in [-0.2, 0) is 12.4 Å². The molecule has 3 aromatic carbocycles. The van der Waals surface area contributed by atoms with E-state index in [1.54, 1.807) is 12.1 Å². The van der Waals surface area contributed by atoms with Crippen molar-refractivity contribution in [1.82, 2.24) is 0 Å². The molecule has 0 unspecified atom stereocenters. The standard InChI is InChI=1S/C21H9F7N2/c1-10-2-16-11(6-18(10)22)3-13(8-29)17(9-30)19(16)12-4-14(20(23,24)25)7-15(5-12)21(26,27)28/h2-7H,1H3. The maximum absolute atomic E-state index is 14.0. The van der Waals surface area contributed by atoms with Crippen molar-refractivity contribution in [2.24, 2.45) is 0 Å². The summed E-state index contributed by atoms with van der Waals surface area (Å²) in [6.45, 7) is 1.36. The number of hydrogen-bond donors (Lipinski definition) is 0. The van der Waals surface area contributed by atoms with Gasteiger partial charge in [0.25, 0.3) is 0 Å². The van der Waals surface area contributed by atoms with Crippen LogP contribution in [0.5, 0.6) is 0 Å². The van der Waals surface area contributed by atoms with Gasteiger partial charge in [-0.3, -0.25) is 0 Å². The van der Waals surface area contributed by atoms with E-state index in [-0.39, 0.29) is 33.5 Å². The number of rotatable bonds is 1. The largest absolute Gasteiger partial charge is 0.416 e. The van der Waals surface area contributed by atoms with Crippen LogP contribution >= 0.6 is 0 Å². The first-order chi connectivity index (χ1) is 13.9. The molecule has 0 amide bonds. The van der Waals surface area contributed by atoms with Crippen molar-refractivity contribution in [3.8, 4) is 23.3 Å². The number of fused-ring (bicyclic) bond motifs is 1. The zero-order chi connectivity index (χ0) is 22.4. The molecule has 0 aliphatic carbocycles. The Morgan fingerprint density at radius 3 is 1.80 bits per heavy atom. The van der Waals surface area contributed by atoms with Crippen molar-refractivity contribution in [3.63, 3.8) is 0 Å². The minimum Gasteiger partial charge on any atom is -0.207 e. The average molecular weight is 422 g/mol. The summed E-state index contributed by atoms with van der Waals surface area (Å²) in [6.07, 6.45) is -10.2. The Labute approximate surface area is 165 Å². The third kappa shape index (κ3) is 3.67. The molecule has 2 nitrogen and oxygen atoms in total. The third-order valence-electron chi connectivity index (χ3n) is 4.53. The number of nitrogens with zero attached hydrogens (tertiary/aromatic N) is 2. The molecule has 3 rings (SSSR count). The van der Waals surface area contributed by atoms with Gasteiger partial charge in [-0.2, -0.15) is 36.9 Å². The molecule has 30 heavy (non-hydrogen) atoms. The SMILES string of the molecule is Cc1cc2c(-c3cc(C(F)(F)F)cc(C(F)(F)F)c3)c(C#N)c(C#N)cc2cc1F. The first-order valence-electron chi connectivity index (χ1n) is 8.23.